The van der Waals surface area contributed by atoms with Crippen molar-refractivity contribution in [2.45, 2.75) is 25.5 Å². The van der Waals surface area contributed by atoms with E-state index in [9.17, 15) is 0 Å². The standard InChI is InChI=1S/C11H13ClN6O/c1-7-8(3-6-19-7)14-10-15-9(12)16-11(17-10)18-5-2-4-13-18/h2,4-5,7-8H,3,6H2,1H3,(H,14,15,16,17). The van der Waals surface area contributed by atoms with Gasteiger partial charge in [0.15, 0.2) is 0 Å². The van der Waals surface area contributed by atoms with Crippen molar-refractivity contribution in [1.82, 2.24) is 24.7 Å². The number of halogens is 1. The third-order valence-electron chi connectivity index (χ3n) is 3.00. The summed E-state index contributed by atoms with van der Waals surface area (Å²) in [4.78, 5) is 12.4. The number of hydrogen-bond acceptors (Lipinski definition) is 6. The Morgan fingerprint density at radius 1 is 1.42 bits per heavy atom. The van der Waals surface area contributed by atoms with Crippen LogP contribution >= 0.6 is 11.6 Å². The highest BCUT2D eigenvalue weighted by Gasteiger charge is 2.25. The van der Waals surface area contributed by atoms with Crippen LogP contribution in [0.15, 0.2) is 18.5 Å². The highest BCUT2D eigenvalue weighted by atomic mass is 35.5. The molecule has 100 valence electrons. The zero-order valence-corrected chi connectivity index (χ0v) is 11.1. The summed E-state index contributed by atoms with van der Waals surface area (Å²) in [7, 11) is 0. The van der Waals surface area contributed by atoms with E-state index in [0.29, 0.717) is 11.9 Å². The maximum atomic E-state index is 5.91. The van der Waals surface area contributed by atoms with Crippen LogP contribution in [0.4, 0.5) is 5.95 Å². The summed E-state index contributed by atoms with van der Waals surface area (Å²) >= 11 is 5.91. The average Bonchev–Trinajstić information content (AvgIpc) is 3.01. The Bertz CT molecular complexity index is 560. The van der Waals surface area contributed by atoms with E-state index in [2.05, 4.69) is 25.4 Å². The Morgan fingerprint density at radius 2 is 2.32 bits per heavy atom. The second-order valence-electron chi connectivity index (χ2n) is 4.29. The van der Waals surface area contributed by atoms with Gasteiger partial charge in [0.25, 0.3) is 5.95 Å². The summed E-state index contributed by atoms with van der Waals surface area (Å²) in [6.45, 7) is 2.76. The van der Waals surface area contributed by atoms with Crippen molar-refractivity contribution in [2.24, 2.45) is 0 Å². The van der Waals surface area contributed by atoms with Crippen LogP contribution in [0.1, 0.15) is 13.3 Å². The van der Waals surface area contributed by atoms with Crippen molar-refractivity contribution in [1.29, 1.82) is 0 Å². The molecule has 1 N–H and O–H groups in total. The molecular weight excluding hydrogens is 268 g/mol. The molecule has 2 aromatic rings. The van der Waals surface area contributed by atoms with Gasteiger partial charge < -0.3 is 10.1 Å². The number of rotatable bonds is 3. The molecule has 3 heterocycles. The maximum absolute atomic E-state index is 5.91. The SMILES string of the molecule is CC1OCCC1Nc1nc(Cl)nc(-n2cccn2)n1. The molecule has 0 aliphatic carbocycles. The van der Waals surface area contributed by atoms with Gasteiger partial charge in [-0.15, -0.1) is 0 Å². The summed E-state index contributed by atoms with van der Waals surface area (Å²) in [5.41, 5.74) is 0. The maximum Gasteiger partial charge on any atom is 0.256 e. The minimum absolute atomic E-state index is 0.128. The summed E-state index contributed by atoms with van der Waals surface area (Å²) in [5.74, 6) is 0.826. The quantitative estimate of drug-likeness (QED) is 0.913. The molecule has 2 atom stereocenters. The van der Waals surface area contributed by atoms with Gasteiger partial charge in [0, 0.05) is 19.0 Å². The van der Waals surface area contributed by atoms with Gasteiger partial charge in [-0.25, -0.2) is 4.68 Å². The lowest BCUT2D eigenvalue weighted by Crippen LogP contribution is -2.28. The van der Waals surface area contributed by atoms with Crippen molar-refractivity contribution >= 4 is 17.5 Å². The molecule has 0 amide bonds. The molecule has 0 bridgehead atoms. The Balaban J connectivity index is 1.85. The van der Waals surface area contributed by atoms with E-state index in [1.807, 2.05) is 6.92 Å². The number of nitrogens with zero attached hydrogens (tertiary/aromatic N) is 5. The van der Waals surface area contributed by atoms with Crippen molar-refractivity contribution in [3.8, 4) is 5.95 Å². The second kappa shape index (κ2) is 5.10. The third kappa shape index (κ3) is 2.66. The van der Waals surface area contributed by atoms with Crippen molar-refractivity contribution in [3.05, 3.63) is 23.7 Å². The fourth-order valence-electron chi connectivity index (χ4n) is 1.98. The largest absolute Gasteiger partial charge is 0.376 e. The molecule has 0 saturated carbocycles. The van der Waals surface area contributed by atoms with E-state index in [4.69, 9.17) is 16.3 Å². The van der Waals surface area contributed by atoms with E-state index >= 15 is 0 Å². The second-order valence-corrected chi connectivity index (χ2v) is 4.63. The Kier molecular flexibility index (Phi) is 3.31. The summed E-state index contributed by atoms with van der Waals surface area (Å²) in [6, 6.07) is 1.97. The molecule has 7 nitrogen and oxygen atoms in total. The highest BCUT2D eigenvalue weighted by molar-refractivity contribution is 6.28. The van der Waals surface area contributed by atoms with Crippen LogP contribution in [0.25, 0.3) is 5.95 Å². The van der Waals surface area contributed by atoms with E-state index in [1.54, 1.807) is 18.5 Å². The lowest BCUT2D eigenvalue weighted by molar-refractivity contribution is 0.121. The molecule has 2 unspecified atom stereocenters. The van der Waals surface area contributed by atoms with Crippen LogP contribution < -0.4 is 5.32 Å². The first kappa shape index (κ1) is 12.3. The van der Waals surface area contributed by atoms with Crippen LogP contribution in [0, 0.1) is 0 Å². The average molecular weight is 281 g/mol. The Labute approximate surface area is 115 Å². The van der Waals surface area contributed by atoms with Gasteiger partial charge in [-0.3, -0.25) is 0 Å². The van der Waals surface area contributed by atoms with Crippen molar-refractivity contribution < 1.29 is 4.74 Å². The van der Waals surface area contributed by atoms with E-state index in [1.165, 1.54) is 4.68 Å². The van der Waals surface area contributed by atoms with Crippen LogP contribution in [-0.2, 0) is 4.74 Å². The molecule has 0 spiro atoms. The number of aromatic nitrogens is 5. The summed E-state index contributed by atoms with van der Waals surface area (Å²) < 4.78 is 7.02. The molecular formula is C11H13ClN6O. The minimum Gasteiger partial charge on any atom is -0.376 e. The fraction of sp³-hybridized carbons (Fsp3) is 0.455. The topological polar surface area (TPSA) is 77.8 Å². The molecule has 1 aliphatic rings. The van der Waals surface area contributed by atoms with Crippen LogP contribution in [0.5, 0.6) is 0 Å². The van der Waals surface area contributed by atoms with Crippen LogP contribution in [0.3, 0.4) is 0 Å². The predicted molar refractivity (Wildman–Crippen MR) is 69.4 cm³/mol. The lowest BCUT2D eigenvalue weighted by Gasteiger charge is -2.16. The van der Waals surface area contributed by atoms with Gasteiger partial charge in [-0.1, -0.05) is 0 Å². The first-order chi connectivity index (χ1) is 9.22. The molecule has 8 heteroatoms. The monoisotopic (exact) mass is 280 g/mol. The molecule has 1 fully saturated rings. The van der Waals surface area contributed by atoms with Gasteiger partial charge in [0.05, 0.1) is 12.1 Å². The fourth-order valence-corrected chi connectivity index (χ4v) is 2.14. The zero-order valence-electron chi connectivity index (χ0n) is 10.3. The first-order valence-electron chi connectivity index (χ1n) is 6.02. The first-order valence-corrected chi connectivity index (χ1v) is 6.40. The van der Waals surface area contributed by atoms with Crippen molar-refractivity contribution in [2.75, 3.05) is 11.9 Å². The molecule has 1 saturated heterocycles. The molecule has 1 aliphatic heterocycles. The Morgan fingerprint density at radius 3 is 3.00 bits per heavy atom. The third-order valence-corrected chi connectivity index (χ3v) is 3.17. The van der Waals surface area contributed by atoms with Gasteiger partial charge >= 0.3 is 0 Å². The predicted octanol–water partition coefficient (Wildman–Crippen LogP) is 1.30. The number of hydrogen-bond donors (Lipinski definition) is 1. The van der Waals surface area contributed by atoms with Crippen LogP contribution in [-0.4, -0.2) is 43.5 Å². The van der Waals surface area contributed by atoms with E-state index in [0.717, 1.165) is 13.0 Å². The summed E-state index contributed by atoms with van der Waals surface area (Å²) in [6.07, 6.45) is 4.44. The number of anilines is 1. The molecule has 0 radical (unpaired) electrons. The zero-order chi connectivity index (χ0) is 13.2. The smallest absolute Gasteiger partial charge is 0.256 e. The van der Waals surface area contributed by atoms with E-state index < -0.39 is 0 Å². The van der Waals surface area contributed by atoms with Gasteiger partial charge in [-0.2, -0.15) is 20.1 Å². The van der Waals surface area contributed by atoms with Gasteiger partial charge in [0.2, 0.25) is 11.2 Å². The molecule has 19 heavy (non-hydrogen) atoms. The number of nitrogens with one attached hydrogen (secondary N) is 1. The summed E-state index contributed by atoms with van der Waals surface area (Å²) in [5, 5.41) is 7.42. The lowest BCUT2D eigenvalue weighted by atomic mass is 10.2. The van der Waals surface area contributed by atoms with E-state index in [-0.39, 0.29) is 17.4 Å². The normalized spacial score (nSPS) is 22.6. The molecule has 0 aromatic carbocycles. The molecule has 3 rings (SSSR count). The minimum atomic E-state index is 0.128. The number of ether oxygens (including phenoxy) is 1. The molecule has 2 aromatic heterocycles. The van der Waals surface area contributed by atoms with Crippen molar-refractivity contribution in [3.63, 3.8) is 0 Å². The Hall–Kier alpha value is -1.73. The van der Waals surface area contributed by atoms with Gasteiger partial charge in [-0.05, 0) is 31.0 Å². The van der Waals surface area contributed by atoms with Gasteiger partial charge in [0.1, 0.15) is 0 Å². The highest BCUT2D eigenvalue weighted by Crippen LogP contribution is 2.17. The van der Waals surface area contributed by atoms with Crippen LogP contribution in [0.2, 0.25) is 5.28 Å².